The van der Waals surface area contributed by atoms with Crippen molar-refractivity contribution in [3.05, 3.63) is 44.8 Å². The van der Waals surface area contributed by atoms with Crippen LogP contribution >= 0.6 is 35.1 Å². The number of carbonyl (C=O) groups excluding carboxylic acids is 1. The number of hydrogen-bond donors (Lipinski definition) is 3. The molecule has 2 aromatic rings. The molecule has 2 amide bonds. The molecular weight excluding hydrogens is 394 g/mol. The van der Waals surface area contributed by atoms with E-state index in [2.05, 4.69) is 5.32 Å². The SMILES string of the molecule is Cl.N[C@H](CCCCNC(=O)O)C(=O)N(Cc1cccs1)Cc1cccs1. The van der Waals surface area contributed by atoms with Crippen LogP contribution in [0.2, 0.25) is 0 Å². The number of amides is 2. The van der Waals surface area contributed by atoms with Crippen LogP contribution in [0.15, 0.2) is 35.0 Å². The molecule has 0 radical (unpaired) electrons. The van der Waals surface area contributed by atoms with Gasteiger partial charge in [-0.05, 0) is 42.2 Å². The van der Waals surface area contributed by atoms with E-state index in [4.69, 9.17) is 10.8 Å². The van der Waals surface area contributed by atoms with E-state index in [1.165, 1.54) is 0 Å². The van der Waals surface area contributed by atoms with Crippen LogP contribution in [-0.2, 0) is 17.9 Å². The van der Waals surface area contributed by atoms with Gasteiger partial charge in [-0.15, -0.1) is 35.1 Å². The van der Waals surface area contributed by atoms with Crippen LogP contribution in [0.3, 0.4) is 0 Å². The van der Waals surface area contributed by atoms with Gasteiger partial charge in [0.15, 0.2) is 0 Å². The van der Waals surface area contributed by atoms with Crippen LogP contribution in [-0.4, -0.2) is 34.6 Å². The van der Waals surface area contributed by atoms with Crippen LogP contribution in [0.1, 0.15) is 29.0 Å². The molecule has 0 aliphatic rings. The maximum Gasteiger partial charge on any atom is 0.404 e. The van der Waals surface area contributed by atoms with E-state index in [0.717, 1.165) is 9.75 Å². The average Bonchev–Trinajstić information content (AvgIpc) is 3.26. The number of halogens is 1. The Balaban J connectivity index is 0.00000338. The lowest BCUT2D eigenvalue weighted by atomic mass is 10.1. The minimum Gasteiger partial charge on any atom is -0.465 e. The lowest BCUT2D eigenvalue weighted by Crippen LogP contribution is -2.42. The highest BCUT2D eigenvalue weighted by molar-refractivity contribution is 7.10. The van der Waals surface area contributed by atoms with Gasteiger partial charge in [0.2, 0.25) is 5.91 Å². The van der Waals surface area contributed by atoms with Crippen molar-refractivity contribution in [1.82, 2.24) is 10.2 Å². The Labute approximate surface area is 167 Å². The van der Waals surface area contributed by atoms with Crippen molar-refractivity contribution in [3.8, 4) is 0 Å². The van der Waals surface area contributed by atoms with E-state index in [-0.39, 0.29) is 18.3 Å². The highest BCUT2D eigenvalue weighted by Crippen LogP contribution is 2.18. The zero-order valence-corrected chi connectivity index (χ0v) is 16.7. The lowest BCUT2D eigenvalue weighted by Gasteiger charge is -2.25. The van der Waals surface area contributed by atoms with Crippen LogP contribution in [0.4, 0.5) is 4.79 Å². The largest absolute Gasteiger partial charge is 0.465 e. The van der Waals surface area contributed by atoms with Crippen LogP contribution in [0.25, 0.3) is 0 Å². The molecular formula is C17H24ClN3O3S2. The van der Waals surface area contributed by atoms with E-state index < -0.39 is 12.1 Å². The Bertz CT molecular complexity index is 614. The maximum absolute atomic E-state index is 12.8. The molecule has 2 aromatic heterocycles. The Kier molecular flexibility index (Phi) is 10.3. The molecule has 2 rings (SSSR count). The maximum atomic E-state index is 12.8. The monoisotopic (exact) mass is 417 g/mol. The van der Waals surface area contributed by atoms with Gasteiger partial charge < -0.3 is 21.1 Å². The number of rotatable bonds is 10. The molecule has 0 aliphatic heterocycles. The minimum absolute atomic E-state index is 0. The van der Waals surface area contributed by atoms with Crippen molar-refractivity contribution in [2.45, 2.75) is 38.4 Å². The fourth-order valence-electron chi connectivity index (χ4n) is 2.44. The molecule has 0 saturated carbocycles. The molecule has 0 unspecified atom stereocenters. The lowest BCUT2D eigenvalue weighted by molar-refractivity contribution is -0.134. The molecule has 0 saturated heterocycles. The van der Waals surface area contributed by atoms with Gasteiger partial charge in [-0.2, -0.15) is 0 Å². The molecule has 144 valence electrons. The standard InChI is InChI=1S/C17H23N3O3S2.ClH/c18-15(7-1-2-8-19-17(22)23)16(21)20(11-13-5-3-9-24-13)12-14-6-4-10-25-14;/h3-6,9-10,15,19H,1-2,7-8,11-12,18H2,(H,22,23);1H/t15-;/m1./s1. The van der Waals surface area contributed by atoms with Gasteiger partial charge in [-0.1, -0.05) is 12.1 Å². The highest BCUT2D eigenvalue weighted by atomic mass is 35.5. The predicted molar refractivity (Wildman–Crippen MR) is 108 cm³/mol. The number of thiophene rings is 2. The second kappa shape index (κ2) is 11.9. The van der Waals surface area contributed by atoms with Crippen LogP contribution in [0, 0.1) is 0 Å². The minimum atomic E-state index is -1.03. The van der Waals surface area contributed by atoms with Gasteiger partial charge in [0.25, 0.3) is 0 Å². The second-order valence-electron chi connectivity index (χ2n) is 5.69. The smallest absolute Gasteiger partial charge is 0.404 e. The summed E-state index contributed by atoms with van der Waals surface area (Å²) in [5, 5.41) is 14.8. The number of hydrogen-bond acceptors (Lipinski definition) is 5. The number of nitrogens with one attached hydrogen (secondary N) is 1. The Morgan fingerprint density at radius 3 is 2.15 bits per heavy atom. The first-order valence-electron chi connectivity index (χ1n) is 8.12. The molecule has 1 atom stereocenters. The first-order valence-corrected chi connectivity index (χ1v) is 9.88. The molecule has 0 aliphatic carbocycles. The quantitative estimate of drug-likeness (QED) is 0.515. The van der Waals surface area contributed by atoms with Crippen molar-refractivity contribution < 1.29 is 14.7 Å². The first-order chi connectivity index (χ1) is 12.1. The van der Waals surface area contributed by atoms with E-state index in [1.807, 2.05) is 35.0 Å². The number of carboxylic acid groups (broad SMARTS) is 1. The van der Waals surface area contributed by atoms with Crippen molar-refractivity contribution >= 4 is 47.1 Å². The van der Waals surface area contributed by atoms with Crippen LogP contribution in [0.5, 0.6) is 0 Å². The van der Waals surface area contributed by atoms with Crippen molar-refractivity contribution in [2.24, 2.45) is 5.73 Å². The summed E-state index contributed by atoms with van der Waals surface area (Å²) in [5.41, 5.74) is 6.10. The van der Waals surface area contributed by atoms with Gasteiger partial charge >= 0.3 is 6.09 Å². The van der Waals surface area contributed by atoms with E-state index in [9.17, 15) is 9.59 Å². The van der Waals surface area contributed by atoms with Gasteiger partial charge in [0, 0.05) is 16.3 Å². The third kappa shape index (κ3) is 7.74. The summed E-state index contributed by atoms with van der Waals surface area (Å²) in [5.74, 6) is -0.0620. The number of nitrogens with two attached hydrogens (primary N) is 1. The Morgan fingerprint density at radius 2 is 1.69 bits per heavy atom. The third-order valence-corrected chi connectivity index (χ3v) is 5.42. The summed E-state index contributed by atoms with van der Waals surface area (Å²) in [6.45, 7) is 1.50. The zero-order chi connectivity index (χ0) is 18.1. The topological polar surface area (TPSA) is 95.7 Å². The van der Waals surface area contributed by atoms with E-state index in [0.29, 0.717) is 38.9 Å². The zero-order valence-electron chi connectivity index (χ0n) is 14.3. The molecule has 4 N–H and O–H groups in total. The summed E-state index contributed by atoms with van der Waals surface area (Å²) in [7, 11) is 0. The number of carbonyl (C=O) groups is 2. The summed E-state index contributed by atoms with van der Waals surface area (Å²) >= 11 is 3.25. The molecule has 2 heterocycles. The van der Waals surface area contributed by atoms with Gasteiger partial charge in [-0.3, -0.25) is 4.79 Å². The van der Waals surface area contributed by atoms with Crippen molar-refractivity contribution in [2.75, 3.05) is 6.54 Å². The summed E-state index contributed by atoms with van der Waals surface area (Å²) in [4.78, 5) is 27.2. The fourth-order valence-corrected chi connectivity index (χ4v) is 3.87. The summed E-state index contributed by atoms with van der Waals surface area (Å²) in [6.07, 6.45) is 0.895. The molecule has 0 bridgehead atoms. The number of nitrogens with zero attached hydrogens (tertiary/aromatic N) is 1. The second-order valence-corrected chi connectivity index (χ2v) is 7.75. The summed E-state index contributed by atoms with van der Waals surface area (Å²) in [6, 6.07) is 7.42. The van der Waals surface area contributed by atoms with Gasteiger partial charge in [0.1, 0.15) is 0 Å². The summed E-state index contributed by atoms with van der Waals surface area (Å²) < 4.78 is 0. The van der Waals surface area contributed by atoms with Crippen molar-refractivity contribution in [3.63, 3.8) is 0 Å². The average molecular weight is 418 g/mol. The highest BCUT2D eigenvalue weighted by Gasteiger charge is 2.22. The first kappa shape index (κ1) is 22.4. The van der Waals surface area contributed by atoms with Gasteiger partial charge in [0.05, 0.1) is 19.1 Å². The van der Waals surface area contributed by atoms with E-state index >= 15 is 0 Å². The molecule has 26 heavy (non-hydrogen) atoms. The van der Waals surface area contributed by atoms with Crippen LogP contribution < -0.4 is 11.1 Å². The molecule has 0 spiro atoms. The molecule has 6 nitrogen and oxygen atoms in total. The molecule has 9 heteroatoms. The number of unbranched alkanes of at least 4 members (excludes halogenated alkanes) is 1. The molecule has 0 fully saturated rings. The predicted octanol–water partition coefficient (Wildman–Crippen LogP) is 3.53. The Hall–Kier alpha value is -1.61. The van der Waals surface area contributed by atoms with Crippen molar-refractivity contribution in [1.29, 1.82) is 0 Å². The Morgan fingerprint density at radius 1 is 1.12 bits per heavy atom. The molecule has 0 aromatic carbocycles. The normalized spacial score (nSPS) is 11.4. The third-order valence-electron chi connectivity index (χ3n) is 3.70. The van der Waals surface area contributed by atoms with Gasteiger partial charge in [-0.25, -0.2) is 4.79 Å². The van der Waals surface area contributed by atoms with E-state index in [1.54, 1.807) is 27.6 Å². The fraction of sp³-hybridized carbons (Fsp3) is 0.412.